The fraction of sp³-hybridized carbons (Fsp3) is 0.529. The van der Waals surface area contributed by atoms with Gasteiger partial charge in [0.2, 0.25) is 5.91 Å². The molecule has 21 heavy (non-hydrogen) atoms. The molecule has 0 aliphatic heterocycles. The first-order valence-electron chi connectivity index (χ1n) is 7.62. The molecule has 1 aliphatic carbocycles. The van der Waals surface area contributed by atoms with Crippen LogP contribution in [0.1, 0.15) is 51.0 Å². The number of benzene rings is 1. The Morgan fingerprint density at radius 1 is 1.10 bits per heavy atom. The SMILES string of the molecule is CC1(C(=O)Nc2ccc(CC(=O)O)cc2)CCCCCC1. The van der Waals surface area contributed by atoms with Crippen molar-refractivity contribution >= 4 is 17.6 Å². The van der Waals surface area contributed by atoms with Gasteiger partial charge in [-0.3, -0.25) is 9.59 Å². The van der Waals surface area contributed by atoms with E-state index in [0.717, 1.165) is 36.9 Å². The summed E-state index contributed by atoms with van der Waals surface area (Å²) in [5.41, 5.74) is 1.19. The zero-order chi connectivity index (χ0) is 15.3. The third-order valence-corrected chi connectivity index (χ3v) is 4.32. The van der Waals surface area contributed by atoms with Crippen LogP contribution in [-0.4, -0.2) is 17.0 Å². The summed E-state index contributed by atoms with van der Waals surface area (Å²) in [6.07, 6.45) is 6.54. The van der Waals surface area contributed by atoms with Crippen LogP contribution >= 0.6 is 0 Å². The summed E-state index contributed by atoms with van der Waals surface area (Å²) in [5, 5.41) is 11.7. The average molecular weight is 289 g/mol. The van der Waals surface area contributed by atoms with Crippen LogP contribution in [0.25, 0.3) is 0 Å². The van der Waals surface area contributed by atoms with E-state index in [0.29, 0.717) is 0 Å². The van der Waals surface area contributed by atoms with Gasteiger partial charge in [-0.2, -0.15) is 0 Å². The number of nitrogens with one attached hydrogen (secondary N) is 1. The van der Waals surface area contributed by atoms with Gasteiger partial charge in [0.25, 0.3) is 0 Å². The fourth-order valence-corrected chi connectivity index (χ4v) is 2.90. The van der Waals surface area contributed by atoms with E-state index in [-0.39, 0.29) is 17.7 Å². The number of carbonyl (C=O) groups is 2. The lowest BCUT2D eigenvalue weighted by atomic mass is 9.81. The molecule has 0 bridgehead atoms. The van der Waals surface area contributed by atoms with E-state index in [4.69, 9.17) is 5.11 Å². The Kier molecular flexibility index (Phi) is 4.99. The second-order valence-corrected chi connectivity index (χ2v) is 6.20. The van der Waals surface area contributed by atoms with Crippen LogP contribution in [0.2, 0.25) is 0 Å². The van der Waals surface area contributed by atoms with Crippen LogP contribution in [0.4, 0.5) is 5.69 Å². The van der Waals surface area contributed by atoms with E-state index in [1.807, 2.05) is 6.92 Å². The standard InChI is InChI=1S/C17H23NO3/c1-17(10-4-2-3-5-11-17)16(21)18-14-8-6-13(7-9-14)12-15(19)20/h6-9H,2-5,10-12H2,1H3,(H,18,21)(H,19,20). The molecule has 1 saturated carbocycles. The number of rotatable bonds is 4. The quantitative estimate of drug-likeness (QED) is 0.832. The Hall–Kier alpha value is -1.84. The average Bonchev–Trinajstić information content (AvgIpc) is 2.66. The largest absolute Gasteiger partial charge is 0.481 e. The van der Waals surface area contributed by atoms with E-state index in [9.17, 15) is 9.59 Å². The predicted molar refractivity (Wildman–Crippen MR) is 82.2 cm³/mol. The van der Waals surface area contributed by atoms with Gasteiger partial charge in [0, 0.05) is 11.1 Å². The summed E-state index contributed by atoms with van der Waals surface area (Å²) in [6.45, 7) is 2.05. The molecule has 1 aromatic carbocycles. The molecule has 0 radical (unpaired) electrons. The van der Waals surface area contributed by atoms with Gasteiger partial charge in [-0.25, -0.2) is 0 Å². The first-order valence-corrected chi connectivity index (χ1v) is 7.62. The minimum Gasteiger partial charge on any atom is -0.481 e. The minimum absolute atomic E-state index is 0.00589. The minimum atomic E-state index is -0.849. The summed E-state index contributed by atoms with van der Waals surface area (Å²) in [4.78, 5) is 23.1. The molecule has 2 N–H and O–H groups in total. The molecule has 4 nitrogen and oxygen atoms in total. The van der Waals surface area contributed by atoms with Gasteiger partial charge < -0.3 is 10.4 Å². The van der Waals surface area contributed by atoms with Crippen molar-refractivity contribution in [3.05, 3.63) is 29.8 Å². The molecule has 0 saturated heterocycles. The third-order valence-electron chi connectivity index (χ3n) is 4.32. The lowest BCUT2D eigenvalue weighted by molar-refractivity contribution is -0.136. The molecule has 0 heterocycles. The maximum atomic E-state index is 12.5. The molecule has 2 rings (SSSR count). The fourth-order valence-electron chi connectivity index (χ4n) is 2.90. The van der Waals surface area contributed by atoms with E-state index < -0.39 is 5.97 Å². The second-order valence-electron chi connectivity index (χ2n) is 6.20. The summed E-state index contributed by atoms with van der Waals surface area (Å²) >= 11 is 0. The van der Waals surface area contributed by atoms with Crippen molar-refractivity contribution in [2.24, 2.45) is 5.41 Å². The van der Waals surface area contributed by atoms with Gasteiger partial charge in [-0.15, -0.1) is 0 Å². The Morgan fingerprint density at radius 2 is 1.67 bits per heavy atom. The lowest BCUT2D eigenvalue weighted by Gasteiger charge is -2.26. The van der Waals surface area contributed by atoms with Crippen LogP contribution in [-0.2, 0) is 16.0 Å². The number of anilines is 1. The number of hydrogen-bond donors (Lipinski definition) is 2. The Bertz CT molecular complexity index is 499. The van der Waals surface area contributed by atoms with Gasteiger partial charge in [0.15, 0.2) is 0 Å². The number of amides is 1. The number of hydrogen-bond acceptors (Lipinski definition) is 2. The molecule has 4 heteroatoms. The van der Waals surface area contributed by atoms with Gasteiger partial charge in [-0.1, -0.05) is 44.7 Å². The molecule has 1 aliphatic rings. The zero-order valence-electron chi connectivity index (χ0n) is 12.5. The molecular formula is C17H23NO3. The number of carboxylic acids is 1. The summed E-state index contributed by atoms with van der Waals surface area (Å²) < 4.78 is 0. The highest BCUT2D eigenvalue weighted by molar-refractivity contribution is 5.95. The third kappa shape index (κ3) is 4.31. The van der Waals surface area contributed by atoms with Gasteiger partial charge >= 0.3 is 5.97 Å². The van der Waals surface area contributed by atoms with Gasteiger partial charge in [0.1, 0.15) is 0 Å². The zero-order valence-corrected chi connectivity index (χ0v) is 12.5. The van der Waals surface area contributed by atoms with E-state index >= 15 is 0 Å². The van der Waals surface area contributed by atoms with Crippen LogP contribution in [0, 0.1) is 5.41 Å². The monoisotopic (exact) mass is 289 g/mol. The van der Waals surface area contributed by atoms with Gasteiger partial charge in [0.05, 0.1) is 6.42 Å². The van der Waals surface area contributed by atoms with Crippen molar-refractivity contribution in [2.45, 2.75) is 51.9 Å². The van der Waals surface area contributed by atoms with Crippen molar-refractivity contribution in [1.82, 2.24) is 0 Å². The van der Waals surface area contributed by atoms with Crippen molar-refractivity contribution in [1.29, 1.82) is 0 Å². The predicted octanol–water partition coefficient (Wildman–Crippen LogP) is 3.61. The summed E-state index contributed by atoms with van der Waals surface area (Å²) in [6, 6.07) is 7.05. The number of carbonyl (C=O) groups excluding carboxylic acids is 1. The molecule has 0 spiro atoms. The van der Waals surface area contributed by atoms with Crippen LogP contribution in [0.5, 0.6) is 0 Å². The summed E-state index contributed by atoms with van der Waals surface area (Å²) in [5.74, 6) is -0.770. The van der Waals surface area contributed by atoms with Crippen LogP contribution in [0.15, 0.2) is 24.3 Å². The number of carboxylic acid groups (broad SMARTS) is 1. The molecule has 0 aromatic heterocycles. The molecular weight excluding hydrogens is 266 g/mol. The van der Waals surface area contributed by atoms with Crippen molar-refractivity contribution in [3.8, 4) is 0 Å². The molecule has 0 unspecified atom stereocenters. The highest BCUT2D eigenvalue weighted by Crippen LogP contribution is 2.35. The van der Waals surface area contributed by atoms with Crippen molar-refractivity contribution in [3.63, 3.8) is 0 Å². The smallest absolute Gasteiger partial charge is 0.307 e. The number of aliphatic carboxylic acids is 1. The normalized spacial score (nSPS) is 17.8. The Balaban J connectivity index is 1.99. The molecule has 1 aromatic rings. The molecule has 114 valence electrons. The van der Waals surface area contributed by atoms with E-state index in [1.165, 1.54) is 12.8 Å². The maximum absolute atomic E-state index is 12.5. The lowest BCUT2D eigenvalue weighted by Crippen LogP contribution is -2.33. The first-order chi connectivity index (χ1) is 9.99. The van der Waals surface area contributed by atoms with Crippen LogP contribution < -0.4 is 5.32 Å². The maximum Gasteiger partial charge on any atom is 0.307 e. The van der Waals surface area contributed by atoms with E-state index in [2.05, 4.69) is 5.32 Å². The second kappa shape index (κ2) is 6.74. The highest BCUT2D eigenvalue weighted by Gasteiger charge is 2.33. The summed E-state index contributed by atoms with van der Waals surface area (Å²) in [7, 11) is 0. The Morgan fingerprint density at radius 3 is 2.19 bits per heavy atom. The Labute approximate surface area is 125 Å². The first kappa shape index (κ1) is 15.5. The van der Waals surface area contributed by atoms with Crippen molar-refractivity contribution < 1.29 is 14.7 Å². The highest BCUT2D eigenvalue weighted by atomic mass is 16.4. The van der Waals surface area contributed by atoms with E-state index in [1.54, 1.807) is 24.3 Å². The molecule has 1 amide bonds. The van der Waals surface area contributed by atoms with Gasteiger partial charge in [-0.05, 0) is 30.5 Å². The van der Waals surface area contributed by atoms with Crippen LogP contribution in [0.3, 0.4) is 0 Å². The molecule has 0 atom stereocenters. The van der Waals surface area contributed by atoms with Crippen molar-refractivity contribution in [2.75, 3.05) is 5.32 Å². The molecule has 1 fully saturated rings. The topological polar surface area (TPSA) is 66.4 Å².